The van der Waals surface area contributed by atoms with Crippen LogP contribution < -0.4 is 0 Å². The highest BCUT2D eigenvalue weighted by Gasteiger charge is 2.29. The third-order valence-corrected chi connectivity index (χ3v) is 5.60. The molecule has 5 nitrogen and oxygen atoms in total. The summed E-state index contributed by atoms with van der Waals surface area (Å²) in [6.45, 7) is 5.65. The van der Waals surface area contributed by atoms with Crippen molar-refractivity contribution in [3.63, 3.8) is 0 Å². The predicted molar refractivity (Wildman–Crippen MR) is 69.5 cm³/mol. The minimum Gasteiger partial charge on any atom is -0.266 e. The second-order valence-corrected chi connectivity index (χ2v) is 7.17. The molecule has 1 aromatic heterocycles. The van der Waals surface area contributed by atoms with Crippen molar-refractivity contribution in [2.75, 3.05) is 13.1 Å². The van der Waals surface area contributed by atoms with Crippen molar-refractivity contribution in [2.24, 2.45) is 11.8 Å². The van der Waals surface area contributed by atoms with Crippen molar-refractivity contribution >= 4 is 10.0 Å². The quantitative estimate of drug-likeness (QED) is 0.912. The van der Waals surface area contributed by atoms with E-state index in [2.05, 4.69) is 24.0 Å². The first-order valence-electron chi connectivity index (χ1n) is 6.51. The van der Waals surface area contributed by atoms with E-state index in [1.165, 1.54) is 12.3 Å². The second kappa shape index (κ2) is 5.40. The molecule has 0 aliphatic carbocycles. The van der Waals surface area contributed by atoms with Gasteiger partial charge in [0.1, 0.15) is 0 Å². The average Bonchev–Trinajstić information content (AvgIpc) is 2.73. The number of aromatic amines is 1. The Bertz CT molecular complexity index is 468. The standard InChI is InChI=1S/C12H21N3O2S/c1-10(2)11-4-3-8-15(9-6-11)18(16,17)12-5-7-13-14-12/h5,7,10-11H,3-4,6,8-9H2,1-2H3,(H,13,14). The number of nitrogens with zero attached hydrogens (tertiary/aromatic N) is 2. The van der Waals surface area contributed by atoms with Crippen molar-refractivity contribution in [2.45, 2.75) is 38.1 Å². The van der Waals surface area contributed by atoms with E-state index in [0.717, 1.165) is 19.3 Å². The molecule has 1 aromatic rings. The highest BCUT2D eigenvalue weighted by atomic mass is 32.2. The van der Waals surface area contributed by atoms with Crippen LogP contribution in [-0.4, -0.2) is 36.0 Å². The van der Waals surface area contributed by atoms with Gasteiger partial charge >= 0.3 is 0 Å². The van der Waals surface area contributed by atoms with Gasteiger partial charge in [0.05, 0.1) is 6.20 Å². The van der Waals surface area contributed by atoms with Crippen LogP contribution in [0.4, 0.5) is 0 Å². The smallest absolute Gasteiger partial charge is 0.259 e. The van der Waals surface area contributed by atoms with E-state index in [-0.39, 0.29) is 5.03 Å². The molecular formula is C12H21N3O2S. The Balaban J connectivity index is 2.11. The third-order valence-electron chi connectivity index (χ3n) is 3.77. The number of hydrogen-bond donors (Lipinski definition) is 1. The maximum atomic E-state index is 12.3. The van der Waals surface area contributed by atoms with E-state index < -0.39 is 10.0 Å². The summed E-state index contributed by atoms with van der Waals surface area (Å²) in [6, 6.07) is 1.51. The zero-order valence-corrected chi connectivity index (χ0v) is 11.8. The fourth-order valence-electron chi connectivity index (χ4n) is 2.53. The van der Waals surface area contributed by atoms with Crippen molar-refractivity contribution in [3.05, 3.63) is 12.3 Å². The lowest BCUT2D eigenvalue weighted by Crippen LogP contribution is -2.32. The van der Waals surface area contributed by atoms with E-state index in [0.29, 0.717) is 24.9 Å². The molecule has 2 rings (SSSR count). The number of H-pyrrole nitrogens is 1. The predicted octanol–water partition coefficient (Wildman–Crippen LogP) is 1.86. The van der Waals surface area contributed by atoms with Gasteiger partial charge in [0.25, 0.3) is 10.0 Å². The van der Waals surface area contributed by atoms with Crippen LogP contribution >= 0.6 is 0 Å². The van der Waals surface area contributed by atoms with Gasteiger partial charge in [-0.05, 0) is 37.2 Å². The Morgan fingerprint density at radius 3 is 2.78 bits per heavy atom. The number of aromatic nitrogens is 2. The van der Waals surface area contributed by atoms with Crippen LogP contribution in [0, 0.1) is 11.8 Å². The van der Waals surface area contributed by atoms with Crippen LogP contribution in [0.15, 0.2) is 17.3 Å². The molecule has 0 aromatic carbocycles. The molecule has 1 unspecified atom stereocenters. The van der Waals surface area contributed by atoms with Gasteiger partial charge in [-0.15, -0.1) is 0 Å². The lowest BCUT2D eigenvalue weighted by molar-refractivity contribution is 0.340. The summed E-state index contributed by atoms with van der Waals surface area (Å²) < 4.78 is 26.3. The van der Waals surface area contributed by atoms with Gasteiger partial charge in [0.2, 0.25) is 0 Å². The van der Waals surface area contributed by atoms with Gasteiger partial charge in [-0.3, -0.25) is 5.10 Å². The minimum absolute atomic E-state index is 0.200. The van der Waals surface area contributed by atoms with Gasteiger partial charge in [0, 0.05) is 13.1 Å². The Morgan fingerprint density at radius 2 is 2.17 bits per heavy atom. The molecule has 0 bridgehead atoms. The first-order chi connectivity index (χ1) is 8.51. The van der Waals surface area contributed by atoms with Crippen LogP contribution in [0.1, 0.15) is 33.1 Å². The highest BCUT2D eigenvalue weighted by molar-refractivity contribution is 7.89. The number of hydrogen-bond acceptors (Lipinski definition) is 3. The summed E-state index contributed by atoms with van der Waals surface area (Å²) in [5, 5.41) is 6.47. The van der Waals surface area contributed by atoms with Crippen molar-refractivity contribution in [1.29, 1.82) is 0 Å². The van der Waals surface area contributed by atoms with Gasteiger partial charge in [-0.1, -0.05) is 13.8 Å². The summed E-state index contributed by atoms with van der Waals surface area (Å²) in [6.07, 6.45) is 4.48. The van der Waals surface area contributed by atoms with Crippen LogP contribution in [0.3, 0.4) is 0 Å². The summed E-state index contributed by atoms with van der Waals surface area (Å²) >= 11 is 0. The topological polar surface area (TPSA) is 66.1 Å². The normalized spacial score (nSPS) is 23.2. The largest absolute Gasteiger partial charge is 0.266 e. The summed E-state index contributed by atoms with van der Waals surface area (Å²) in [4.78, 5) is 0. The van der Waals surface area contributed by atoms with Gasteiger partial charge < -0.3 is 0 Å². The molecule has 18 heavy (non-hydrogen) atoms. The molecule has 0 amide bonds. The van der Waals surface area contributed by atoms with Gasteiger partial charge in [-0.2, -0.15) is 9.40 Å². The SMILES string of the molecule is CC(C)C1CCCN(S(=O)(=O)c2ccn[nH]2)CC1. The van der Waals surface area contributed by atoms with E-state index in [1.54, 1.807) is 4.31 Å². The molecular weight excluding hydrogens is 250 g/mol. The number of rotatable bonds is 3. The van der Waals surface area contributed by atoms with E-state index >= 15 is 0 Å². The van der Waals surface area contributed by atoms with Crippen molar-refractivity contribution in [3.8, 4) is 0 Å². The minimum atomic E-state index is -3.38. The molecule has 1 saturated heterocycles. The van der Waals surface area contributed by atoms with E-state index in [9.17, 15) is 8.42 Å². The molecule has 1 N–H and O–H groups in total. The summed E-state index contributed by atoms with van der Waals surface area (Å²) in [5.74, 6) is 1.26. The molecule has 2 heterocycles. The zero-order valence-electron chi connectivity index (χ0n) is 11.0. The van der Waals surface area contributed by atoms with Crippen LogP contribution in [0.5, 0.6) is 0 Å². The first kappa shape index (κ1) is 13.5. The molecule has 0 radical (unpaired) electrons. The molecule has 0 saturated carbocycles. The maximum Gasteiger partial charge on any atom is 0.259 e. The van der Waals surface area contributed by atoms with Crippen LogP contribution in [0.25, 0.3) is 0 Å². The number of nitrogens with one attached hydrogen (secondary N) is 1. The van der Waals surface area contributed by atoms with Crippen molar-refractivity contribution < 1.29 is 8.42 Å². The Kier molecular flexibility index (Phi) is 4.07. The summed E-state index contributed by atoms with van der Waals surface area (Å²) in [5.41, 5.74) is 0. The van der Waals surface area contributed by atoms with Gasteiger partial charge in [-0.25, -0.2) is 8.42 Å². The molecule has 102 valence electrons. The molecule has 1 fully saturated rings. The molecule has 1 aliphatic heterocycles. The van der Waals surface area contributed by atoms with Gasteiger partial charge in [0.15, 0.2) is 5.03 Å². The van der Waals surface area contributed by atoms with Crippen molar-refractivity contribution in [1.82, 2.24) is 14.5 Å². The fraction of sp³-hybridized carbons (Fsp3) is 0.750. The average molecular weight is 271 g/mol. The monoisotopic (exact) mass is 271 g/mol. The van der Waals surface area contributed by atoms with Crippen LogP contribution in [0.2, 0.25) is 0 Å². The lowest BCUT2D eigenvalue weighted by atomic mass is 9.89. The van der Waals surface area contributed by atoms with E-state index in [4.69, 9.17) is 0 Å². The Hall–Kier alpha value is -0.880. The van der Waals surface area contributed by atoms with Crippen LogP contribution in [-0.2, 0) is 10.0 Å². The fourth-order valence-corrected chi connectivity index (χ4v) is 3.92. The first-order valence-corrected chi connectivity index (χ1v) is 7.95. The Morgan fingerprint density at radius 1 is 1.39 bits per heavy atom. The lowest BCUT2D eigenvalue weighted by Gasteiger charge is -2.20. The molecule has 1 atom stereocenters. The third kappa shape index (κ3) is 2.75. The zero-order chi connectivity index (χ0) is 13.2. The Labute approximate surface area is 109 Å². The number of sulfonamides is 1. The molecule has 1 aliphatic rings. The van der Waals surface area contributed by atoms with E-state index in [1.807, 2.05) is 0 Å². The molecule has 6 heteroatoms. The summed E-state index contributed by atoms with van der Waals surface area (Å²) in [7, 11) is -3.38. The molecule has 0 spiro atoms. The second-order valence-electron chi connectivity index (χ2n) is 5.26. The highest BCUT2D eigenvalue weighted by Crippen LogP contribution is 2.26. The maximum absolute atomic E-state index is 12.3.